The van der Waals surface area contributed by atoms with Crippen LogP contribution < -0.4 is 0 Å². The maximum atomic E-state index is 12.8. The van der Waals surface area contributed by atoms with Crippen molar-refractivity contribution in [3.05, 3.63) is 10.1 Å². The van der Waals surface area contributed by atoms with E-state index >= 15 is 0 Å². The number of rotatable bonds is 8. The first-order valence-electron chi connectivity index (χ1n) is 6.16. The maximum Gasteiger partial charge on any atom is 0.341 e. The van der Waals surface area contributed by atoms with Crippen molar-refractivity contribution in [3.8, 4) is 0 Å². The van der Waals surface area contributed by atoms with Crippen molar-refractivity contribution < 1.29 is 18.5 Å². The summed E-state index contributed by atoms with van der Waals surface area (Å²) in [4.78, 5) is 10.2. The van der Waals surface area contributed by atoms with Crippen molar-refractivity contribution in [2.75, 3.05) is 6.54 Å². The third kappa shape index (κ3) is 5.94. The van der Waals surface area contributed by atoms with Crippen molar-refractivity contribution in [1.82, 2.24) is 0 Å². The Morgan fingerprint density at radius 2 is 1.44 bits per heavy atom. The Bertz CT molecular complexity index is 303. The number of hydrogen-bond acceptors (Lipinski definition) is 5. The third-order valence-corrected chi connectivity index (χ3v) is 5.23. The molecular weight excluding hydrogens is 257 g/mol. The zero-order valence-corrected chi connectivity index (χ0v) is 12.8. The molecule has 0 N–H and O–H groups in total. The van der Waals surface area contributed by atoms with Gasteiger partial charge in [-0.2, -0.15) is 0 Å². The lowest BCUT2D eigenvalue weighted by Crippen LogP contribution is -2.29. The molecule has 0 saturated heterocycles. The van der Waals surface area contributed by atoms with Crippen molar-refractivity contribution in [2.45, 2.75) is 59.4 Å². The summed E-state index contributed by atoms with van der Waals surface area (Å²) in [6, 6.07) is 0. The normalized spacial score (nSPS) is 14.5. The van der Waals surface area contributed by atoms with Crippen LogP contribution in [0.25, 0.3) is 0 Å². The molecular formula is C11H24NO5P. The number of hydrogen-bond donors (Lipinski definition) is 0. The minimum atomic E-state index is -3.49. The van der Waals surface area contributed by atoms with E-state index in [1.807, 2.05) is 0 Å². The Labute approximate surface area is 109 Å². The van der Waals surface area contributed by atoms with Gasteiger partial charge in [-0.3, -0.25) is 14.7 Å². The molecule has 6 nitrogen and oxygen atoms in total. The summed E-state index contributed by atoms with van der Waals surface area (Å²) in [6.45, 7) is 10.1. The molecule has 7 heteroatoms. The van der Waals surface area contributed by atoms with Crippen LogP contribution in [0.4, 0.5) is 0 Å². The van der Waals surface area contributed by atoms with Gasteiger partial charge in [0.15, 0.2) is 0 Å². The molecule has 1 atom stereocenters. The smallest absolute Gasteiger partial charge is 0.305 e. The minimum absolute atomic E-state index is 0.154. The predicted octanol–water partition coefficient (Wildman–Crippen LogP) is 3.33. The van der Waals surface area contributed by atoms with Gasteiger partial charge < -0.3 is 9.05 Å². The highest BCUT2D eigenvalue weighted by atomic mass is 31.2. The molecule has 0 bridgehead atoms. The quantitative estimate of drug-likeness (QED) is 0.387. The summed E-state index contributed by atoms with van der Waals surface area (Å²) in [6.07, 6.45) is -0.606. The van der Waals surface area contributed by atoms with Crippen LogP contribution in [0.3, 0.4) is 0 Å². The van der Waals surface area contributed by atoms with Gasteiger partial charge in [0.05, 0.1) is 12.2 Å². The monoisotopic (exact) mass is 281 g/mol. The van der Waals surface area contributed by atoms with E-state index in [4.69, 9.17) is 9.05 Å². The van der Waals surface area contributed by atoms with Gasteiger partial charge in [-0.1, -0.05) is 13.8 Å². The van der Waals surface area contributed by atoms with Gasteiger partial charge in [0.25, 0.3) is 0 Å². The van der Waals surface area contributed by atoms with Crippen LogP contribution in [-0.4, -0.2) is 29.3 Å². The fraction of sp³-hybridized carbons (Fsp3) is 1.00. The highest BCUT2D eigenvalue weighted by Crippen LogP contribution is 2.57. The van der Waals surface area contributed by atoms with Crippen LogP contribution in [0, 0.1) is 16.0 Å². The molecule has 1 unspecified atom stereocenters. The van der Waals surface area contributed by atoms with Crippen molar-refractivity contribution >= 4 is 7.60 Å². The highest BCUT2D eigenvalue weighted by Gasteiger charge is 2.43. The fourth-order valence-corrected chi connectivity index (χ4v) is 4.20. The highest BCUT2D eigenvalue weighted by molar-refractivity contribution is 7.54. The molecule has 0 rings (SSSR count). The van der Waals surface area contributed by atoms with Crippen molar-refractivity contribution in [2.24, 2.45) is 5.92 Å². The molecule has 0 aromatic rings. The Balaban J connectivity index is 5.21. The first kappa shape index (κ1) is 17.6. The topological polar surface area (TPSA) is 78.7 Å². The average molecular weight is 281 g/mol. The van der Waals surface area contributed by atoms with E-state index in [0.717, 1.165) is 0 Å². The molecule has 18 heavy (non-hydrogen) atoms. The molecule has 108 valence electrons. The first-order chi connectivity index (χ1) is 8.08. The van der Waals surface area contributed by atoms with Crippen molar-refractivity contribution in [3.63, 3.8) is 0 Å². The van der Waals surface area contributed by atoms with Gasteiger partial charge in [0, 0.05) is 4.92 Å². The number of nitro groups is 1. The maximum absolute atomic E-state index is 12.8. The zero-order valence-electron chi connectivity index (χ0n) is 12.0. The Hall–Kier alpha value is -0.450. The molecule has 0 saturated carbocycles. The van der Waals surface area contributed by atoms with E-state index in [9.17, 15) is 14.7 Å². The van der Waals surface area contributed by atoms with Gasteiger partial charge >= 0.3 is 7.60 Å². The van der Waals surface area contributed by atoms with Gasteiger partial charge in [0.1, 0.15) is 5.66 Å². The largest absolute Gasteiger partial charge is 0.341 e. The van der Waals surface area contributed by atoms with Gasteiger partial charge in [-0.25, -0.2) is 0 Å². The van der Waals surface area contributed by atoms with E-state index in [1.165, 1.54) is 0 Å². The van der Waals surface area contributed by atoms with Crippen LogP contribution in [0.2, 0.25) is 0 Å². The average Bonchev–Trinajstić information content (AvgIpc) is 2.10. The molecule has 0 heterocycles. The Morgan fingerprint density at radius 1 is 1.06 bits per heavy atom. The lowest BCUT2D eigenvalue weighted by molar-refractivity contribution is -0.480. The molecule has 0 aromatic carbocycles. The Morgan fingerprint density at radius 3 is 1.67 bits per heavy atom. The summed E-state index contributed by atoms with van der Waals surface area (Å²) < 4.78 is 23.6. The van der Waals surface area contributed by atoms with E-state index in [-0.39, 0.29) is 18.1 Å². The fourth-order valence-electron chi connectivity index (χ4n) is 1.60. The van der Waals surface area contributed by atoms with E-state index in [0.29, 0.717) is 0 Å². The van der Waals surface area contributed by atoms with E-state index in [1.54, 1.807) is 41.5 Å². The van der Waals surface area contributed by atoms with Crippen molar-refractivity contribution in [1.29, 1.82) is 0 Å². The minimum Gasteiger partial charge on any atom is -0.305 e. The second-order valence-electron chi connectivity index (χ2n) is 5.17. The van der Waals surface area contributed by atoms with Crippen LogP contribution in [0.1, 0.15) is 41.5 Å². The second kappa shape index (κ2) is 7.22. The summed E-state index contributed by atoms with van der Waals surface area (Å²) in [7, 11) is -3.49. The number of nitrogens with zero attached hydrogens (tertiary/aromatic N) is 1. The summed E-state index contributed by atoms with van der Waals surface area (Å²) >= 11 is 0. The lowest BCUT2D eigenvalue weighted by atomic mass is 10.1. The standard InChI is InChI=1S/C11H24NO5P/c1-8(2)11(7-12(13)14)18(15,16-9(3)4)17-10(5)6/h8-11H,7H2,1-6H3. The summed E-state index contributed by atoms with van der Waals surface area (Å²) in [5, 5.41) is 10.7. The van der Waals surface area contributed by atoms with Crippen LogP contribution in [0.5, 0.6) is 0 Å². The molecule has 0 spiro atoms. The third-order valence-electron chi connectivity index (χ3n) is 2.23. The van der Waals surface area contributed by atoms with Gasteiger partial charge in [0.2, 0.25) is 6.54 Å². The molecule has 0 aliphatic rings. The van der Waals surface area contributed by atoms with E-state index < -0.39 is 24.7 Å². The predicted molar refractivity (Wildman–Crippen MR) is 70.5 cm³/mol. The zero-order chi connectivity index (χ0) is 14.5. The molecule has 0 amide bonds. The van der Waals surface area contributed by atoms with Crippen LogP contribution in [-0.2, 0) is 13.6 Å². The summed E-state index contributed by atoms with van der Waals surface area (Å²) in [5.41, 5.74) is -0.725. The Kier molecular flexibility index (Phi) is 7.04. The molecule has 0 radical (unpaired) electrons. The molecule has 0 aliphatic heterocycles. The second-order valence-corrected chi connectivity index (χ2v) is 7.34. The first-order valence-corrected chi connectivity index (χ1v) is 7.78. The molecule has 0 aromatic heterocycles. The lowest BCUT2D eigenvalue weighted by Gasteiger charge is -2.29. The molecule has 0 aliphatic carbocycles. The molecule has 0 fully saturated rings. The van der Waals surface area contributed by atoms with Crippen LogP contribution in [0.15, 0.2) is 0 Å². The van der Waals surface area contributed by atoms with Crippen LogP contribution >= 0.6 is 7.60 Å². The SMILES string of the molecule is CC(C)OP(=O)(OC(C)C)C(C[N+](=O)[O-])C(C)C. The van der Waals surface area contributed by atoms with Gasteiger partial charge in [-0.15, -0.1) is 0 Å². The van der Waals surface area contributed by atoms with E-state index in [2.05, 4.69) is 0 Å². The van der Waals surface area contributed by atoms with Gasteiger partial charge in [-0.05, 0) is 33.6 Å². The summed E-state index contributed by atoms with van der Waals surface area (Å²) in [5.74, 6) is -0.154.